The molecule has 1 heterocycles. The van der Waals surface area contributed by atoms with E-state index in [9.17, 15) is 4.79 Å². The van der Waals surface area contributed by atoms with Gasteiger partial charge in [-0.2, -0.15) is 0 Å². The van der Waals surface area contributed by atoms with Crippen LogP contribution in [0.2, 0.25) is 0 Å². The second-order valence-corrected chi connectivity index (χ2v) is 2.88. The molecule has 1 radical (unpaired) electrons. The quantitative estimate of drug-likeness (QED) is 0.524. The van der Waals surface area contributed by atoms with Crippen molar-refractivity contribution in [2.45, 2.75) is 13.0 Å². The van der Waals surface area contributed by atoms with Gasteiger partial charge in [-0.15, -0.1) is 0 Å². The van der Waals surface area contributed by atoms with Gasteiger partial charge in [-0.1, -0.05) is 0 Å². The predicted octanol–water partition coefficient (Wildman–Crippen LogP) is -0.532. The fourth-order valence-corrected chi connectivity index (χ4v) is 1.23. The van der Waals surface area contributed by atoms with Crippen LogP contribution in [0.5, 0.6) is 0 Å². The number of esters is 1. The van der Waals surface area contributed by atoms with Crippen molar-refractivity contribution in [2.75, 3.05) is 33.3 Å². The summed E-state index contributed by atoms with van der Waals surface area (Å²) in [5.74, 6) is -0.150. The molecule has 69 valence electrons. The van der Waals surface area contributed by atoms with E-state index >= 15 is 0 Å². The zero-order valence-electron chi connectivity index (χ0n) is 7.62. The summed E-state index contributed by atoms with van der Waals surface area (Å²) in [5.41, 5.74) is 0. The molecule has 1 fully saturated rings. The Balaban J connectivity index is 2.42. The van der Waals surface area contributed by atoms with Crippen molar-refractivity contribution in [3.8, 4) is 0 Å². The molecule has 12 heavy (non-hydrogen) atoms. The van der Waals surface area contributed by atoms with E-state index in [2.05, 4.69) is 5.32 Å². The van der Waals surface area contributed by atoms with E-state index in [0.29, 0.717) is 13.2 Å². The minimum absolute atomic E-state index is 0.150. The normalized spacial score (nSPS) is 25.3. The van der Waals surface area contributed by atoms with Gasteiger partial charge in [0.2, 0.25) is 0 Å². The topological polar surface area (TPSA) is 43.6 Å². The maximum absolute atomic E-state index is 11.3. The van der Waals surface area contributed by atoms with Crippen LogP contribution in [0.1, 0.15) is 6.92 Å². The number of likely N-dealkylation sites (N-methyl/N-ethyl adjacent to an activating group) is 1. The Labute approximate surface area is 72.9 Å². The molecule has 1 atom stereocenters. The van der Waals surface area contributed by atoms with Crippen molar-refractivity contribution in [3.63, 3.8) is 0 Å². The van der Waals surface area contributed by atoms with Gasteiger partial charge < -0.3 is 4.74 Å². The lowest BCUT2D eigenvalue weighted by atomic mass is 10.2. The summed E-state index contributed by atoms with van der Waals surface area (Å²) in [6, 6.07) is -0.154. The number of piperazine rings is 1. The van der Waals surface area contributed by atoms with Crippen LogP contribution in [0.25, 0.3) is 0 Å². The summed E-state index contributed by atoms with van der Waals surface area (Å²) < 4.78 is 4.91. The fourth-order valence-electron chi connectivity index (χ4n) is 1.23. The average molecular weight is 171 g/mol. The highest BCUT2D eigenvalue weighted by Gasteiger charge is 2.27. The van der Waals surface area contributed by atoms with E-state index in [1.54, 1.807) is 0 Å². The molecule has 1 aliphatic rings. The van der Waals surface area contributed by atoms with Crippen LogP contribution in [-0.4, -0.2) is 50.2 Å². The van der Waals surface area contributed by atoms with Crippen LogP contribution in [-0.2, 0) is 9.53 Å². The van der Waals surface area contributed by atoms with E-state index in [-0.39, 0.29) is 12.0 Å². The number of ether oxygens (including phenoxy) is 1. The van der Waals surface area contributed by atoms with E-state index < -0.39 is 0 Å². The van der Waals surface area contributed by atoms with Crippen LogP contribution in [0.15, 0.2) is 0 Å². The summed E-state index contributed by atoms with van der Waals surface area (Å²) in [5, 5.41) is 4.17. The zero-order chi connectivity index (χ0) is 8.97. The molecule has 0 bridgehead atoms. The molecule has 4 nitrogen and oxygen atoms in total. The molecule has 0 aromatic carbocycles. The highest BCUT2D eigenvalue weighted by atomic mass is 16.5. The summed E-state index contributed by atoms with van der Waals surface area (Å²) in [6.07, 6.45) is 0. The third-order valence-electron chi connectivity index (χ3n) is 2.00. The molecular weight excluding hydrogens is 156 g/mol. The third kappa shape index (κ3) is 2.19. The summed E-state index contributed by atoms with van der Waals surface area (Å²) in [6.45, 7) is 4.52. The monoisotopic (exact) mass is 171 g/mol. The van der Waals surface area contributed by atoms with Gasteiger partial charge in [0.25, 0.3) is 0 Å². The molecule has 0 amide bonds. The third-order valence-corrected chi connectivity index (χ3v) is 2.00. The van der Waals surface area contributed by atoms with Gasteiger partial charge in [-0.25, -0.2) is 5.32 Å². The lowest BCUT2D eigenvalue weighted by molar-refractivity contribution is -0.149. The molecule has 0 N–H and O–H groups in total. The SMILES string of the molecule is CCOC(=O)C1C[N]CCN1C. The van der Waals surface area contributed by atoms with Gasteiger partial charge in [-0.3, -0.25) is 9.69 Å². The second-order valence-electron chi connectivity index (χ2n) is 2.88. The summed E-state index contributed by atoms with van der Waals surface area (Å²) in [4.78, 5) is 13.3. The number of hydrogen-bond acceptors (Lipinski definition) is 3. The number of hydrogen-bond donors (Lipinski definition) is 0. The van der Waals surface area contributed by atoms with Crippen LogP contribution < -0.4 is 5.32 Å². The predicted molar refractivity (Wildman–Crippen MR) is 44.9 cm³/mol. The number of nitrogens with zero attached hydrogens (tertiary/aromatic N) is 2. The van der Waals surface area contributed by atoms with Gasteiger partial charge in [0.15, 0.2) is 0 Å². The Hall–Kier alpha value is -0.610. The molecule has 1 saturated heterocycles. The van der Waals surface area contributed by atoms with Crippen LogP contribution >= 0.6 is 0 Å². The van der Waals surface area contributed by atoms with E-state index in [0.717, 1.165) is 13.1 Å². The maximum atomic E-state index is 11.3. The Morgan fingerprint density at radius 1 is 1.75 bits per heavy atom. The molecule has 1 aliphatic heterocycles. The van der Waals surface area contributed by atoms with Gasteiger partial charge in [0, 0.05) is 19.6 Å². The molecule has 0 aliphatic carbocycles. The second kappa shape index (κ2) is 4.42. The minimum Gasteiger partial charge on any atom is -0.465 e. The van der Waals surface area contributed by atoms with Gasteiger partial charge >= 0.3 is 5.97 Å². The van der Waals surface area contributed by atoms with Gasteiger partial charge in [0.1, 0.15) is 6.04 Å². The molecule has 0 spiro atoms. The van der Waals surface area contributed by atoms with Crippen LogP contribution in [0.4, 0.5) is 0 Å². The molecule has 4 heteroatoms. The lowest BCUT2D eigenvalue weighted by Crippen LogP contribution is -2.51. The molecule has 0 aromatic heterocycles. The summed E-state index contributed by atoms with van der Waals surface area (Å²) >= 11 is 0. The van der Waals surface area contributed by atoms with Gasteiger partial charge in [-0.05, 0) is 14.0 Å². The zero-order valence-corrected chi connectivity index (χ0v) is 7.62. The van der Waals surface area contributed by atoms with Crippen molar-refractivity contribution < 1.29 is 9.53 Å². The first-order valence-corrected chi connectivity index (χ1v) is 4.26. The van der Waals surface area contributed by atoms with Gasteiger partial charge in [0.05, 0.1) is 6.61 Å². The van der Waals surface area contributed by atoms with Crippen molar-refractivity contribution in [3.05, 3.63) is 0 Å². The first-order chi connectivity index (χ1) is 5.75. The van der Waals surface area contributed by atoms with Crippen molar-refractivity contribution in [1.82, 2.24) is 10.2 Å². The molecule has 1 unspecified atom stereocenters. The van der Waals surface area contributed by atoms with E-state index in [1.165, 1.54) is 0 Å². The van der Waals surface area contributed by atoms with Crippen LogP contribution in [0.3, 0.4) is 0 Å². The number of carbonyl (C=O) groups is 1. The number of carbonyl (C=O) groups excluding carboxylic acids is 1. The number of rotatable bonds is 2. The minimum atomic E-state index is -0.154. The van der Waals surface area contributed by atoms with E-state index in [1.807, 2.05) is 18.9 Å². The Morgan fingerprint density at radius 2 is 2.50 bits per heavy atom. The van der Waals surface area contributed by atoms with E-state index in [4.69, 9.17) is 4.74 Å². The highest BCUT2D eigenvalue weighted by molar-refractivity contribution is 5.76. The highest BCUT2D eigenvalue weighted by Crippen LogP contribution is 2.02. The first kappa shape index (κ1) is 9.48. The fraction of sp³-hybridized carbons (Fsp3) is 0.875. The molecular formula is C8H15N2O2. The lowest BCUT2D eigenvalue weighted by Gasteiger charge is -2.29. The van der Waals surface area contributed by atoms with Crippen molar-refractivity contribution in [2.24, 2.45) is 0 Å². The molecule has 1 rings (SSSR count). The average Bonchev–Trinajstić information content (AvgIpc) is 2.05. The first-order valence-electron chi connectivity index (χ1n) is 4.26. The Morgan fingerprint density at radius 3 is 3.08 bits per heavy atom. The maximum Gasteiger partial charge on any atom is 0.324 e. The molecule has 0 aromatic rings. The Kier molecular flexibility index (Phi) is 3.49. The largest absolute Gasteiger partial charge is 0.465 e. The van der Waals surface area contributed by atoms with Crippen molar-refractivity contribution >= 4 is 5.97 Å². The van der Waals surface area contributed by atoms with Crippen LogP contribution in [0, 0.1) is 0 Å². The Bertz CT molecular complexity index is 161. The van der Waals surface area contributed by atoms with Crippen molar-refractivity contribution in [1.29, 1.82) is 0 Å². The molecule has 0 saturated carbocycles. The smallest absolute Gasteiger partial charge is 0.324 e. The summed E-state index contributed by atoms with van der Waals surface area (Å²) in [7, 11) is 1.93. The standard InChI is InChI=1S/C8H15N2O2/c1-3-12-8(11)7-6-9-4-5-10(7)2/h7H,3-6H2,1-2H3.